The second-order valence-electron chi connectivity index (χ2n) is 1.26. The van der Waals surface area contributed by atoms with Gasteiger partial charge in [0.1, 0.15) is 0 Å². The number of amides is 1. The van der Waals surface area contributed by atoms with Crippen molar-refractivity contribution in [3.05, 3.63) is 0 Å². The van der Waals surface area contributed by atoms with Gasteiger partial charge in [-0.25, -0.2) is 4.79 Å². The molecule has 2 N–H and O–H groups in total. The van der Waals surface area contributed by atoms with Crippen LogP contribution >= 0.6 is 11.9 Å². The molecule has 48 valence electrons. The Hall–Kier alpha value is -0.380. The van der Waals surface area contributed by atoms with Gasteiger partial charge in [-0.3, -0.25) is 4.72 Å². The van der Waals surface area contributed by atoms with Gasteiger partial charge < -0.3 is 5.11 Å². The predicted octanol–water partition coefficient (Wildman–Crippen LogP) is 1.31. The maximum absolute atomic E-state index is 9.74. The molecule has 0 radical (unpaired) electrons. The summed E-state index contributed by atoms with van der Waals surface area (Å²) in [5, 5.41) is 8.01. The van der Waals surface area contributed by atoms with E-state index in [4.69, 9.17) is 5.11 Å². The second-order valence-corrected chi connectivity index (χ2v) is 2.16. The van der Waals surface area contributed by atoms with E-state index in [0.29, 0.717) is 0 Å². The number of hydrogen-bond acceptors (Lipinski definition) is 2. The molecule has 0 aromatic heterocycles. The molecule has 8 heavy (non-hydrogen) atoms. The fourth-order valence-electron chi connectivity index (χ4n) is 0.215. The average Bonchev–Trinajstić information content (AvgIpc) is 1.66. The first-order chi connectivity index (χ1) is 3.77. The zero-order valence-corrected chi connectivity index (χ0v) is 5.49. The van der Waals surface area contributed by atoms with Crippen LogP contribution in [0, 0.1) is 0 Å². The number of carboxylic acid groups (broad SMARTS) is 1. The molecule has 0 aliphatic heterocycles. The summed E-state index contributed by atoms with van der Waals surface area (Å²) in [4.78, 5) is 9.74. The lowest BCUT2D eigenvalue weighted by Crippen LogP contribution is -2.11. The zero-order chi connectivity index (χ0) is 6.41. The van der Waals surface area contributed by atoms with Crippen LogP contribution in [0.4, 0.5) is 4.79 Å². The lowest BCUT2D eigenvalue weighted by atomic mass is 10.6. The highest BCUT2D eigenvalue weighted by atomic mass is 32.2. The molecule has 0 unspecified atom stereocenters. The van der Waals surface area contributed by atoms with Gasteiger partial charge in [0.25, 0.3) is 0 Å². The van der Waals surface area contributed by atoms with Crippen LogP contribution in [0.3, 0.4) is 0 Å². The average molecular weight is 135 g/mol. The lowest BCUT2D eigenvalue weighted by Gasteiger charge is -1.93. The molecule has 3 nitrogen and oxygen atoms in total. The smallest absolute Gasteiger partial charge is 0.414 e. The van der Waals surface area contributed by atoms with E-state index in [0.717, 1.165) is 12.2 Å². The Morgan fingerprint density at radius 3 is 2.88 bits per heavy atom. The molecule has 0 saturated heterocycles. The van der Waals surface area contributed by atoms with Gasteiger partial charge in [-0.1, -0.05) is 6.92 Å². The van der Waals surface area contributed by atoms with Gasteiger partial charge in [0.05, 0.1) is 0 Å². The van der Waals surface area contributed by atoms with E-state index >= 15 is 0 Å². The van der Waals surface area contributed by atoms with Crippen molar-refractivity contribution in [2.45, 2.75) is 13.3 Å². The van der Waals surface area contributed by atoms with Crippen LogP contribution in [-0.2, 0) is 0 Å². The van der Waals surface area contributed by atoms with Crippen molar-refractivity contribution < 1.29 is 9.90 Å². The van der Waals surface area contributed by atoms with Gasteiger partial charge in [0.2, 0.25) is 0 Å². The summed E-state index contributed by atoms with van der Waals surface area (Å²) in [6, 6.07) is 0. The molecule has 0 saturated carbocycles. The van der Waals surface area contributed by atoms with Gasteiger partial charge in [-0.05, 0) is 18.4 Å². The normalized spacial score (nSPS) is 8.62. The van der Waals surface area contributed by atoms with E-state index in [1.54, 1.807) is 0 Å². The Morgan fingerprint density at radius 2 is 2.50 bits per heavy atom. The van der Waals surface area contributed by atoms with Crippen LogP contribution in [0.5, 0.6) is 0 Å². The number of carbonyl (C=O) groups is 1. The molecule has 4 heteroatoms. The molecule has 0 spiro atoms. The molecular weight excluding hydrogens is 126 g/mol. The molecule has 0 atom stereocenters. The highest BCUT2D eigenvalue weighted by Gasteiger charge is 1.89. The van der Waals surface area contributed by atoms with Crippen LogP contribution < -0.4 is 4.72 Å². The number of rotatable bonds is 3. The molecule has 0 bridgehead atoms. The highest BCUT2D eigenvalue weighted by molar-refractivity contribution is 7.97. The first-order valence-electron chi connectivity index (χ1n) is 2.38. The van der Waals surface area contributed by atoms with E-state index in [9.17, 15) is 4.79 Å². The van der Waals surface area contributed by atoms with Crippen molar-refractivity contribution in [1.29, 1.82) is 0 Å². The molecule has 0 aromatic rings. The summed E-state index contributed by atoms with van der Waals surface area (Å²) < 4.78 is 2.18. The third-order valence-electron chi connectivity index (χ3n) is 0.466. The second kappa shape index (κ2) is 4.77. The summed E-state index contributed by atoms with van der Waals surface area (Å²) in [6.07, 6.45) is 0.0220. The first kappa shape index (κ1) is 7.62. The summed E-state index contributed by atoms with van der Waals surface area (Å²) in [6.45, 7) is 2.00. The molecule has 0 aromatic carbocycles. The summed E-state index contributed by atoms with van der Waals surface area (Å²) >= 11 is 1.21. The monoisotopic (exact) mass is 135 g/mol. The first-order valence-corrected chi connectivity index (χ1v) is 3.36. The third kappa shape index (κ3) is 5.62. The maximum Gasteiger partial charge on any atom is 0.414 e. The highest BCUT2D eigenvalue weighted by Crippen LogP contribution is 1.93. The van der Waals surface area contributed by atoms with Crippen LogP contribution in [0.2, 0.25) is 0 Å². The number of hydrogen-bond donors (Lipinski definition) is 2. The summed E-state index contributed by atoms with van der Waals surface area (Å²) in [5.41, 5.74) is 0. The van der Waals surface area contributed by atoms with Gasteiger partial charge in [-0.15, -0.1) is 0 Å². The minimum absolute atomic E-state index is 0.840. The molecule has 0 rings (SSSR count). The van der Waals surface area contributed by atoms with Crippen LogP contribution in [0.1, 0.15) is 13.3 Å². The van der Waals surface area contributed by atoms with Crippen LogP contribution in [-0.4, -0.2) is 17.0 Å². The van der Waals surface area contributed by atoms with Gasteiger partial charge in [0.15, 0.2) is 0 Å². The van der Waals surface area contributed by atoms with Crippen molar-refractivity contribution >= 4 is 18.0 Å². The lowest BCUT2D eigenvalue weighted by molar-refractivity contribution is 0.202. The Bertz CT molecular complexity index is 76.4. The standard InChI is InChI=1S/C4H9NO2S/c1-2-3-8-5-4(6)7/h5H,2-3H2,1H3,(H,6,7). The fraction of sp³-hybridized carbons (Fsp3) is 0.750. The molecule has 0 aliphatic rings. The van der Waals surface area contributed by atoms with Crippen molar-refractivity contribution in [2.75, 3.05) is 5.75 Å². The zero-order valence-electron chi connectivity index (χ0n) is 4.68. The van der Waals surface area contributed by atoms with Crippen molar-refractivity contribution in [1.82, 2.24) is 4.72 Å². The van der Waals surface area contributed by atoms with E-state index in [2.05, 4.69) is 4.72 Å². The Labute approximate surface area is 52.6 Å². The Morgan fingerprint density at radius 1 is 1.88 bits per heavy atom. The largest absolute Gasteiger partial charge is 0.464 e. The van der Waals surface area contributed by atoms with Crippen LogP contribution in [0.25, 0.3) is 0 Å². The van der Waals surface area contributed by atoms with Gasteiger partial charge >= 0.3 is 6.09 Å². The quantitative estimate of drug-likeness (QED) is 0.453. The minimum atomic E-state index is -0.969. The molecule has 0 fully saturated rings. The summed E-state index contributed by atoms with van der Waals surface area (Å²) in [5.74, 6) is 0.840. The SMILES string of the molecule is CCCSNC(=O)O. The maximum atomic E-state index is 9.74. The van der Waals surface area contributed by atoms with E-state index in [-0.39, 0.29) is 0 Å². The third-order valence-corrected chi connectivity index (χ3v) is 1.40. The molecule has 0 aliphatic carbocycles. The van der Waals surface area contributed by atoms with Crippen LogP contribution in [0.15, 0.2) is 0 Å². The van der Waals surface area contributed by atoms with E-state index < -0.39 is 6.09 Å². The van der Waals surface area contributed by atoms with Crippen molar-refractivity contribution in [2.24, 2.45) is 0 Å². The fourth-order valence-corrected chi connectivity index (χ4v) is 0.644. The molecule has 1 amide bonds. The summed E-state index contributed by atoms with van der Waals surface area (Å²) in [7, 11) is 0. The Balaban J connectivity index is 2.82. The molecule has 0 heterocycles. The minimum Gasteiger partial charge on any atom is -0.464 e. The van der Waals surface area contributed by atoms with Gasteiger partial charge in [-0.2, -0.15) is 0 Å². The van der Waals surface area contributed by atoms with Gasteiger partial charge in [0, 0.05) is 5.75 Å². The van der Waals surface area contributed by atoms with Crippen molar-refractivity contribution in [3.63, 3.8) is 0 Å². The predicted molar refractivity (Wildman–Crippen MR) is 33.9 cm³/mol. The van der Waals surface area contributed by atoms with E-state index in [1.807, 2.05) is 6.92 Å². The number of nitrogens with one attached hydrogen (secondary N) is 1. The van der Waals surface area contributed by atoms with E-state index in [1.165, 1.54) is 11.9 Å². The topological polar surface area (TPSA) is 49.3 Å². The Kier molecular flexibility index (Phi) is 4.54. The molecular formula is C4H9NO2S. The van der Waals surface area contributed by atoms with Crippen molar-refractivity contribution in [3.8, 4) is 0 Å².